The second kappa shape index (κ2) is 3.85. The molecule has 0 unspecified atom stereocenters. The highest BCUT2D eigenvalue weighted by molar-refractivity contribution is 6.17. The monoisotopic (exact) mass is 226 g/mol. The minimum absolute atomic E-state index is 0.603. The van der Waals surface area contributed by atoms with E-state index in [2.05, 4.69) is 21.6 Å². The van der Waals surface area contributed by atoms with E-state index < -0.39 is 0 Å². The summed E-state index contributed by atoms with van der Waals surface area (Å²) in [6, 6.07) is 0. The normalized spacial score (nSPS) is 11.5. The van der Waals surface area contributed by atoms with Crippen LogP contribution in [0.25, 0.3) is 11.2 Å². The van der Waals surface area contributed by atoms with E-state index in [-0.39, 0.29) is 0 Å². The van der Waals surface area contributed by atoms with E-state index in [1.807, 2.05) is 18.8 Å². The second-order valence-corrected chi connectivity index (χ2v) is 4.00. The summed E-state index contributed by atoms with van der Waals surface area (Å²) in [4.78, 5) is 4.59. The first kappa shape index (κ1) is 10.5. The Bertz CT molecular complexity index is 483. The Kier molecular flexibility index (Phi) is 2.69. The lowest BCUT2D eigenvalue weighted by atomic mass is 10.3. The van der Waals surface area contributed by atoms with Crippen LogP contribution < -0.4 is 0 Å². The molecule has 4 nitrogen and oxygen atoms in total. The minimum atomic E-state index is 0.603. The van der Waals surface area contributed by atoms with Gasteiger partial charge in [-0.05, 0) is 6.42 Å². The third kappa shape index (κ3) is 1.53. The van der Waals surface area contributed by atoms with Crippen molar-refractivity contribution in [2.75, 3.05) is 5.88 Å². The van der Waals surface area contributed by atoms with Crippen LogP contribution in [0, 0.1) is 0 Å². The first-order chi connectivity index (χ1) is 7.19. The average molecular weight is 227 g/mol. The van der Waals surface area contributed by atoms with Crippen LogP contribution in [0.4, 0.5) is 0 Å². The number of alkyl halides is 1. The maximum Gasteiger partial charge on any atom is 0.158 e. The van der Waals surface area contributed by atoms with Gasteiger partial charge in [0.25, 0.3) is 0 Å². The second-order valence-electron chi connectivity index (χ2n) is 3.62. The number of rotatable bonds is 3. The number of aryl methyl sites for hydroxylation is 4. The van der Waals surface area contributed by atoms with Crippen molar-refractivity contribution in [1.29, 1.82) is 0 Å². The van der Waals surface area contributed by atoms with Crippen molar-refractivity contribution in [3.63, 3.8) is 0 Å². The van der Waals surface area contributed by atoms with Crippen LogP contribution in [0.2, 0.25) is 0 Å². The van der Waals surface area contributed by atoms with Gasteiger partial charge in [-0.25, -0.2) is 4.98 Å². The molecule has 0 aliphatic rings. The molecule has 0 fully saturated rings. The lowest BCUT2D eigenvalue weighted by Gasteiger charge is -2.00. The number of hydrogen-bond acceptors (Lipinski definition) is 2. The number of aromatic nitrogens is 4. The zero-order chi connectivity index (χ0) is 11.0. The summed E-state index contributed by atoms with van der Waals surface area (Å²) in [5.74, 6) is 1.63. The highest BCUT2D eigenvalue weighted by Crippen LogP contribution is 2.19. The summed E-state index contributed by atoms with van der Waals surface area (Å²) in [5, 5.41) is 4.43. The van der Waals surface area contributed by atoms with Crippen molar-refractivity contribution in [3.05, 3.63) is 11.5 Å². The van der Waals surface area contributed by atoms with E-state index in [0.717, 1.165) is 35.5 Å². The van der Waals surface area contributed by atoms with E-state index in [9.17, 15) is 0 Å². The van der Waals surface area contributed by atoms with Crippen molar-refractivity contribution in [1.82, 2.24) is 19.3 Å². The SMILES string of the molecule is CCc1nn(C)c2c1nc(CCCl)n2C. The number of imidazole rings is 1. The van der Waals surface area contributed by atoms with Gasteiger partial charge in [-0.2, -0.15) is 5.10 Å². The highest BCUT2D eigenvalue weighted by atomic mass is 35.5. The fraction of sp³-hybridized carbons (Fsp3) is 0.600. The summed E-state index contributed by atoms with van der Waals surface area (Å²) in [6.07, 6.45) is 1.71. The molecule has 0 aliphatic carbocycles. The maximum atomic E-state index is 5.74. The molecule has 0 N–H and O–H groups in total. The molecule has 0 saturated carbocycles. The highest BCUT2D eigenvalue weighted by Gasteiger charge is 2.15. The zero-order valence-electron chi connectivity index (χ0n) is 9.29. The van der Waals surface area contributed by atoms with Crippen molar-refractivity contribution in [2.24, 2.45) is 14.1 Å². The Morgan fingerprint density at radius 2 is 2.07 bits per heavy atom. The van der Waals surface area contributed by atoms with Crippen molar-refractivity contribution >= 4 is 22.8 Å². The first-order valence-corrected chi connectivity index (χ1v) is 5.65. The Labute approximate surface area is 93.9 Å². The van der Waals surface area contributed by atoms with Gasteiger partial charge in [0.2, 0.25) is 0 Å². The summed E-state index contributed by atoms with van der Waals surface area (Å²) >= 11 is 5.74. The Morgan fingerprint density at radius 3 is 2.67 bits per heavy atom. The molecule has 2 rings (SSSR count). The van der Waals surface area contributed by atoms with Gasteiger partial charge in [-0.1, -0.05) is 6.92 Å². The third-order valence-electron chi connectivity index (χ3n) is 2.66. The van der Waals surface area contributed by atoms with Crippen LogP contribution in [0.5, 0.6) is 0 Å². The van der Waals surface area contributed by atoms with E-state index in [4.69, 9.17) is 11.6 Å². The Hall–Kier alpha value is -1.03. The Balaban J connectivity index is 2.65. The number of hydrogen-bond donors (Lipinski definition) is 0. The van der Waals surface area contributed by atoms with Crippen LogP contribution in [0.3, 0.4) is 0 Å². The minimum Gasteiger partial charge on any atom is -0.316 e. The van der Waals surface area contributed by atoms with E-state index in [0.29, 0.717) is 5.88 Å². The predicted octanol–water partition coefficient (Wildman–Crippen LogP) is 1.65. The van der Waals surface area contributed by atoms with Crippen molar-refractivity contribution in [3.8, 4) is 0 Å². The number of halogens is 1. The van der Waals surface area contributed by atoms with Crippen molar-refractivity contribution in [2.45, 2.75) is 19.8 Å². The van der Waals surface area contributed by atoms with Crippen LogP contribution in [-0.2, 0) is 26.9 Å². The molecule has 0 aromatic carbocycles. The molecular formula is C10H15ClN4. The molecule has 0 radical (unpaired) electrons. The van der Waals surface area contributed by atoms with Crippen LogP contribution in [0.15, 0.2) is 0 Å². The molecule has 0 bridgehead atoms. The number of fused-ring (bicyclic) bond motifs is 1. The predicted molar refractivity (Wildman–Crippen MR) is 61.3 cm³/mol. The van der Waals surface area contributed by atoms with Crippen LogP contribution >= 0.6 is 11.6 Å². The summed E-state index contributed by atoms with van der Waals surface area (Å²) in [5.41, 5.74) is 3.15. The quantitative estimate of drug-likeness (QED) is 0.747. The molecule has 2 aromatic rings. The average Bonchev–Trinajstić information content (AvgIpc) is 2.69. The van der Waals surface area contributed by atoms with Gasteiger partial charge in [-0.15, -0.1) is 11.6 Å². The van der Waals surface area contributed by atoms with Crippen LogP contribution in [-0.4, -0.2) is 25.2 Å². The van der Waals surface area contributed by atoms with Gasteiger partial charge < -0.3 is 4.57 Å². The first-order valence-electron chi connectivity index (χ1n) is 5.12. The van der Waals surface area contributed by atoms with E-state index in [1.54, 1.807) is 0 Å². The summed E-state index contributed by atoms with van der Waals surface area (Å²) < 4.78 is 3.96. The molecule has 0 saturated heterocycles. The fourth-order valence-corrected chi connectivity index (χ4v) is 2.09. The summed E-state index contributed by atoms with van der Waals surface area (Å²) in [6.45, 7) is 2.09. The van der Waals surface area contributed by atoms with Gasteiger partial charge >= 0.3 is 0 Å². The zero-order valence-corrected chi connectivity index (χ0v) is 10.0. The van der Waals surface area contributed by atoms with Gasteiger partial charge in [0.05, 0.1) is 5.69 Å². The molecule has 0 aliphatic heterocycles. The fourth-order valence-electron chi connectivity index (χ4n) is 1.92. The molecule has 82 valence electrons. The molecule has 2 heterocycles. The molecule has 2 aromatic heterocycles. The Morgan fingerprint density at radius 1 is 1.33 bits per heavy atom. The molecule has 0 atom stereocenters. The summed E-state index contributed by atoms with van der Waals surface area (Å²) in [7, 11) is 3.96. The third-order valence-corrected chi connectivity index (χ3v) is 2.85. The van der Waals surface area contributed by atoms with Gasteiger partial charge in [0.15, 0.2) is 5.65 Å². The van der Waals surface area contributed by atoms with Crippen LogP contribution in [0.1, 0.15) is 18.4 Å². The molecule has 5 heteroatoms. The molecule has 15 heavy (non-hydrogen) atoms. The maximum absolute atomic E-state index is 5.74. The van der Waals surface area contributed by atoms with Crippen molar-refractivity contribution < 1.29 is 0 Å². The topological polar surface area (TPSA) is 35.6 Å². The smallest absolute Gasteiger partial charge is 0.158 e. The number of nitrogens with zero attached hydrogens (tertiary/aromatic N) is 4. The standard InChI is InChI=1S/C10H15ClN4/c1-4-7-9-10(15(3)13-7)14(2)8(12-9)5-6-11/h4-6H2,1-3H3. The largest absolute Gasteiger partial charge is 0.316 e. The molecular weight excluding hydrogens is 212 g/mol. The molecule has 0 spiro atoms. The van der Waals surface area contributed by atoms with Gasteiger partial charge in [-0.3, -0.25) is 4.68 Å². The molecule has 0 amide bonds. The van der Waals surface area contributed by atoms with Gasteiger partial charge in [0, 0.05) is 26.4 Å². The van der Waals surface area contributed by atoms with Gasteiger partial charge in [0.1, 0.15) is 11.3 Å². The van der Waals surface area contributed by atoms with E-state index in [1.165, 1.54) is 0 Å². The van der Waals surface area contributed by atoms with E-state index >= 15 is 0 Å². The lowest BCUT2D eigenvalue weighted by molar-refractivity contribution is 0.719. The lowest BCUT2D eigenvalue weighted by Crippen LogP contribution is -2.03.